The van der Waals surface area contributed by atoms with Gasteiger partial charge >= 0.3 is 0 Å². The number of non-ortho nitro benzene ring substituents is 1. The number of carbonyl (C=O) groups is 1. The fourth-order valence-electron chi connectivity index (χ4n) is 2.53. The zero-order valence-electron chi connectivity index (χ0n) is 15.8. The van der Waals surface area contributed by atoms with Crippen LogP contribution in [0.2, 0.25) is 10.0 Å². The van der Waals surface area contributed by atoms with Gasteiger partial charge in [0, 0.05) is 27.7 Å². The molecule has 0 unspecified atom stereocenters. The van der Waals surface area contributed by atoms with Crippen molar-refractivity contribution in [3.63, 3.8) is 0 Å². The number of nitrogens with one attached hydrogen (secondary N) is 1. The number of halogens is 2. The second kappa shape index (κ2) is 9.92. The summed E-state index contributed by atoms with van der Waals surface area (Å²) in [6.45, 7) is 0.236. The lowest BCUT2D eigenvalue weighted by molar-refractivity contribution is -0.384. The van der Waals surface area contributed by atoms with Gasteiger partial charge in [-0.25, -0.2) is 5.43 Å². The molecule has 0 aliphatic carbocycles. The number of phenols is 1. The van der Waals surface area contributed by atoms with Crippen molar-refractivity contribution in [1.82, 2.24) is 5.43 Å². The van der Waals surface area contributed by atoms with Crippen LogP contribution >= 0.6 is 23.2 Å². The van der Waals surface area contributed by atoms with Crippen molar-refractivity contribution in [2.75, 3.05) is 0 Å². The number of carbonyl (C=O) groups excluding carboxylic acids is 1. The Labute approximate surface area is 186 Å². The lowest BCUT2D eigenvalue weighted by Gasteiger charge is -2.08. The van der Waals surface area contributed by atoms with Crippen molar-refractivity contribution >= 4 is 41.0 Å². The summed E-state index contributed by atoms with van der Waals surface area (Å²) in [6.07, 6.45) is 1.37. The number of nitrogens with zero attached hydrogens (tertiary/aromatic N) is 2. The number of aromatic hydroxyl groups is 1. The average molecular weight is 460 g/mol. The van der Waals surface area contributed by atoms with E-state index in [0.717, 1.165) is 23.8 Å². The van der Waals surface area contributed by atoms with E-state index in [-0.39, 0.29) is 17.9 Å². The molecule has 3 rings (SSSR count). The Kier molecular flexibility index (Phi) is 7.07. The summed E-state index contributed by atoms with van der Waals surface area (Å²) in [5.41, 5.74) is 3.04. The molecule has 0 aromatic heterocycles. The molecule has 0 spiro atoms. The predicted molar refractivity (Wildman–Crippen MR) is 117 cm³/mol. The van der Waals surface area contributed by atoms with Crippen molar-refractivity contribution in [3.05, 3.63) is 97.5 Å². The Morgan fingerprint density at radius 2 is 1.97 bits per heavy atom. The van der Waals surface area contributed by atoms with E-state index in [4.69, 9.17) is 27.9 Å². The van der Waals surface area contributed by atoms with Crippen LogP contribution < -0.4 is 10.2 Å². The molecule has 0 heterocycles. The van der Waals surface area contributed by atoms with Crippen LogP contribution in [0.25, 0.3) is 0 Å². The molecule has 0 aliphatic heterocycles. The number of hydrogen-bond acceptors (Lipinski definition) is 6. The highest BCUT2D eigenvalue weighted by molar-refractivity contribution is 6.35. The Morgan fingerprint density at radius 3 is 2.71 bits per heavy atom. The van der Waals surface area contributed by atoms with E-state index in [1.165, 1.54) is 6.21 Å². The van der Waals surface area contributed by atoms with Crippen LogP contribution in [-0.4, -0.2) is 22.2 Å². The zero-order valence-corrected chi connectivity index (χ0v) is 17.3. The van der Waals surface area contributed by atoms with Crippen molar-refractivity contribution in [2.45, 2.75) is 6.61 Å². The number of rotatable bonds is 7. The molecule has 3 aromatic rings. The van der Waals surface area contributed by atoms with Crippen molar-refractivity contribution in [3.8, 4) is 11.5 Å². The maximum atomic E-state index is 12.2. The number of hydrogen-bond donors (Lipinski definition) is 2. The Balaban J connectivity index is 1.63. The average Bonchev–Trinajstić information content (AvgIpc) is 2.73. The van der Waals surface area contributed by atoms with Gasteiger partial charge in [-0.05, 0) is 35.9 Å². The van der Waals surface area contributed by atoms with Crippen LogP contribution in [-0.2, 0) is 6.61 Å². The van der Waals surface area contributed by atoms with Gasteiger partial charge in [0.25, 0.3) is 11.6 Å². The molecule has 0 bridgehead atoms. The minimum atomic E-state index is -0.790. The number of phenolic OH excluding ortho intramolecular Hbond substituents is 1. The molecule has 0 radical (unpaired) electrons. The molecule has 0 saturated heterocycles. The second-order valence-corrected chi connectivity index (χ2v) is 7.10. The zero-order chi connectivity index (χ0) is 22.4. The van der Waals surface area contributed by atoms with E-state index in [1.54, 1.807) is 42.5 Å². The largest absolute Gasteiger partial charge is 0.507 e. The maximum absolute atomic E-state index is 12.2. The predicted octanol–water partition coefficient (Wildman–Crippen LogP) is 4.95. The molecule has 0 fully saturated rings. The highest BCUT2D eigenvalue weighted by Gasteiger charge is 2.16. The smallest absolute Gasteiger partial charge is 0.275 e. The molecule has 158 valence electrons. The van der Waals surface area contributed by atoms with E-state index in [1.807, 2.05) is 0 Å². The van der Waals surface area contributed by atoms with Crippen molar-refractivity contribution in [1.29, 1.82) is 0 Å². The topological polar surface area (TPSA) is 114 Å². The van der Waals surface area contributed by atoms with Gasteiger partial charge in [0.05, 0.1) is 16.7 Å². The molecule has 10 heteroatoms. The lowest BCUT2D eigenvalue weighted by atomic mass is 10.1. The molecule has 0 atom stereocenters. The van der Waals surface area contributed by atoms with Gasteiger partial charge in [0.1, 0.15) is 18.1 Å². The number of ether oxygens (including phenoxy) is 1. The van der Waals surface area contributed by atoms with Gasteiger partial charge in [-0.2, -0.15) is 5.10 Å². The van der Waals surface area contributed by atoms with Crippen LogP contribution in [0.1, 0.15) is 21.5 Å². The van der Waals surface area contributed by atoms with Gasteiger partial charge in [0.2, 0.25) is 0 Å². The van der Waals surface area contributed by atoms with Crippen molar-refractivity contribution in [2.24, 2.45) is 5.10 Å². The molecule has 0 aliphatic rings. The van der Waals surface area contributed by atoms with Gasteiger partial charge in [-0.1, -0.05) is 41.4 Å². The highest BCUT2D eigenvalue weighted by Crippen LogP contribution is 2.24. The highest BCUT2D eigenvalue weighted by atomic mass is 35.5. The first-order valence-electron chi connectivity index (χ1n) is 8.81. The van der Waals surface area contributed by atoms with Crippen LogP contribution in [0.4, 0.5) is 5.69 Å². The van der Waals surface area contributed by atoms with Crippen molar-refractivity contribution < 1.29 is 19.6 Å². The van der Waals surface area contributed by atoms with Gasteiger partial charge < -0.3 is 9.84 Å². The molecule has 0 saturated carbocycles. The number of amides is 1. The van der Waals surface area contributed by atoms with Gasteiger partial charge in [-0.3, -0.25) is 14.9 Å². The van der Waals surface area contributed by atoms with E-state index >= 15 is 0 Å². The summed E-state index contributed by atoms with van der Waals surface area (Å²) in [6, 6.07) is 15.2. The summed E-state index contributed by atoms with van der Waals surface area (Å²) in [4.78, 5) is 22.3. The van der Waals surface area contributed by atoms with E-state index < -0.39 is 16.6 Å². The molecule has 1 amide bonds. The molecule has 31 heavy (non-hydrogen) atoms. The second-order valence-electron chi connectivity index (χ2n) is 6.25. The normalized spacial score (nSPS) is 10.8. The fraction of sp³-hybridized carbons (Fsp3) is 0.0476. The number of benzene rings is 3. The van der Waals surface area contributed by atoms with E-state index in [0.29, 0.717) is 21.4 Å². The van der Waals surface area contributed by atoms with E-state index in [2.05, 4.69) is 10.5 Å². The number of nitro groups is 1. The quantitative estimate of drug-likeness (QED) is 0.294. The molecular formula is C21H15Cl2N3O5. The Hall–Kier alpha value is -3.62. The lowest BCUT2D eigenvalue weighted by Crippen LogP contribution is -2.18. The maximum Gasteiger partial charge on any atom is 0.275 e. The summed E-state index contributed by atoms with van der Waals surface area (Å²) < 4.78 is 5.73. The third-order valence-corrected chi connectivity index (χ3v) is 4.67. The summed E-state index contributed by atoms with van der Waals surface area (Å²) >= 11 is 12.0. The van der Waals surface area contributed by atoms with E-state index in [9.17, 15) is 20.0 Å². The summed E-state index contributed by atoms with van der Waals surface area (Å²) in [7, 11) is 0. The van der Waals surface area contributed by atoms with Gasteiger partial charge in [-0.15, -0.1) is 0 Å². The fourth-order valence-corrected chi connectivity index (χ4v) is 2.99. The first-order chi connectivity index (χ1) is 14.8. The molecule has 2 N–H and O–H groups in total. The first-order valence-corrected chi connectivity index (χ1v) is 9.56. The van der Waals surface area contributed by atoms with Crippen LogP contribution in [0, 0.1) is 10.1 Å². The van der Waals surface area contributed by atoms with Crippen LogP contribution in [0.5, 0.6) is 11.5 Å². The molecule has 8 nitrogen and oxygen atoms in total. The Morgan fingerprint density at radius 1 is 1.16 bits per heavy atom. The SMILES string of the molecule is O=C(N/N=C/c1cccc(OCc2ccc(Cl)cc2Cl)c1)c1cc([N+](=O)[O-])ccc1O. The summed E-state index contributed by atoms with van der Waals surface area (Å²) in [5, 5.41) is 25.4. The first kappa shape index (κ1) is 22.1. The van der Waals surface area contributed by atoms with Gasteiger partial charge in [0.15, 0.2) is 0 Å². The third-order valence-electron chi connectivity index (χ3n) is 4.08. The molecule has 3 aromatic carbocycles. The monoisotopic (exact) mass is 459 g/mol. The minimum absolute atomic E-state index is 0.236. The minimum Gasteiger partial charge on any atom is -0.507 e. The summed E-state index contributed by atoms with van der Waals surface area (Å²) in [5.74, 6) is -0.630. The standard InChI is InChI=1S/C21H15Cl2N3O5/c22-15-5-4-14(19(23)9-15)12-31-17-3-1-2-13(8-17)11-24-25-21(28)18-10-16(26(29)30)6-7-20(18)27/h1-11,27H,12H2,(H,25,28)/b24-11+. The van der Waals surface area contributed by atoms with Crippen LogP contribution in [0.3, 0.4) is 0 Å². The Bertz CT molecular complexity index is 1170. The molecular weight excluding hydrogens is 445 g/mol. The number of nitro benzene ring substituents is 1. The van der Waals surface area contributed by atoms with Crippen LogP contribution in [0.15, 0.2) is 65.8 Å². The third kappa shape index (κ3) is 5.94. The number of hydrazone groups is 1.